The van der Waals surface area contributed by atoms with Gasteiger partial charge >= 0.3 is 6.09 Å². The molecule has 1 saturated heterocycles. The average Bonchev–Trinajstić information content (AvgIpc) is 3.09. The van der Waals surface area contributed by atoms with E-state index >= 15 is 0 Å². The monoisotopic (exact) mass is 559 g/mol. The molecule has 0 radical (unpaired) electrons. The molecule has 1 fully saturated rings. The number of aliphatic imine (C=N–C) groups is 1. The first-order valence-corrected chi connectivity index (χ1v) is 11.3. The number of thiophene rings is 1. The Kier molecular flexibility index (Phi) is 9.63. The van der Waals surface area contributed by atoms with Crippen molar-refractivity contribution in [1.29, 1.82) is 0 Å². The van der Waals surface area contributed by atoms with Crippen LogP contribution in [0.2, 0.25) is 0 Å². The first kappa shape index (κ1) is 25.9. The second-order valence-electron chi connectivity index (χ2n) is 7.48. The summed E-state index contributed by atoms with van der Waals surface area (Å²) in [6, 6.07) is 3.39. The lowest BCUT2D eigenvalue weighted by atomic mass is 10.1. The number of likely N-dealkylation sites (tertiary alicyclic amines) is 1. The minimum atomic E-state index is -3.46. The molecule has 1 amide bonds. The van der Waals surface area contributed by atoms with Crippen LogP contribution in [0.4, 0.5) is 4.79 Å². The Bertz CT molecular complexity index is 787. The van der Waals surface area contributed by atoms with Gasteiger partial charge in [-0.05, 0) is 32.2 Å². The van der Waals surface area contributed by atoms with E-state index in [1.807, 2.05) is 20.8 Å². The predicted molar refractivity (Wildman–Crippen MR) is 126 cm³/mol. The van der Waals surface area contributed by atoms with Crippen molar-refractivity contribution in [3.8, 4) is 0 Å². The van der Waals surface area contributed by atoms with Crippen molar-refractivity contribution in [2.45, 2.75) is 36.6 Å². The predicted octanol–water partition coefficient (Wildman–Crippen LogP) is 1.77. The van der Waals surface area contributed by atoms with E-state index < -0.39 is 15.6 Å². The second-order valence-corrected chi connectivity index (χ2v) is 10.7. The van der Waals surface area contributed by atoms with Crippen LogP contribution in [-0.4, -0.2) is 81.6 Å². The Morgan fingerprint density at radius 2 is 2.07 bits per heavy atom. The van der Waals surface area contributed by atoms with Gasteiger partial charge in [0.2, 0.25) is 0 Å². The molecule has 2 heterocycles. The van der Waals surface area contributed by atoms with Crippen molar-refractivity contribution in [2.75, 3.05) is 40.3 Å². The lowest BCUT2D eigenvalue weighted by Crippen LogP contribution is -2.63. The summed E-state index contributed by atoms with van der Waals surface area (Å²) < 4.78 is 31.7. The summed E-state index contributed by atoms with van der Waals surface area (Å²) in [5.74, 6) is 0.566. The summed E-state index contributed by atoms with van der Waals surface area (Å²) in [7, 11) is -0.258. The van der Waals surface area contributed by atoms with Crippen molar-refractivity contribution >= 4 is 57.4 Å². The first-order chi connectivity index (χ1) is 13.0. The van der Waals surface area contributed by atoms with Gasteiger partial charge in [-0.25, -0.2) is 13.2 Å². The van der Waals surface area contributed by atoms with E-state index in [-0.39, 0.29) is 36.1 Å². The van der Waals surface area contributed by atoms with Gasteiger partial charge in [0.1, 0.15) is 9.81 Å². The van der Waals surface area contributed by atoms with Gasteiger partial charge < -0.3 is 20.3 Å². The number of nitrogens with one attached hydrogen (secondary N) is 2. The lowest BCUT2D eigenvalue weighted by Gasteiger charge is -2.40. The van der Waals surface area contributed by atoms with Crippen LogP contribution in [0.25, 0.3) is 0 Å². The number of amides is 1. The second kappa shape index (κ2) is 10.8. The highest BCUT2D eigenvalue weighted by atomic mass is 127. The number of carbonyl (C=O) groups is 1. The number of ether oxygens (including phenoxy) is 1. The van der Waals surface area contributed by atoms with E-state index in [4.69, 9.17) is 4.74 Å². The molecule has 1 aromatic heterocycles. The third-order valence-corrected chi connectivity index (χ3v) is 7.21. The molecular formula is C17H30IN5O4S2. The Balaban J connectivity index is 0.00000420. The van der Waals surface area contributed by atoms with Gasteiger partial charge in [0, 0.05) is 40.3 Å². The summed E-state index contributed by atoms with van der Waals surface area (Å²) in [6.45, 7) is 7.27. The molecule has 1 aromatic rings. The molecule has 9 nitrogen and oxygen atoms in total. The molecule has 2 rings (SSSR count). The smallest absolute Gasteiger partial charge is 0.410 e. The number of nitrogens with zero attached hydrogens (tertiary/aromatic N) is 3. The maximum absolute atomic E-state index is 12.4. The van der Waals surface area contributed by atoms with Crippen LogP contribution in [0, 0.1) is 0 Å². The normalized spacial score (nSPS) is 15.5. The molecule has 29 heavy (non-hydrogen) atoms. The molecule has 1 aliphatic heterocycles. The molecule has 0 aliphatic carbocycles. The van der Waals surface area contributed by atoms with Crippen LogP contribution in [0.1, 0.15) is 20.8 Å². The van der Waals surface area contributed by atoms with Crippen LogP contribution < -0.4 is 10.6 Å². The fourth-order valence-corrected chi connectivity index (χ4v) is 4.82. The fourth-order valence-electron chi connectivity index (χ4n) is 2.45. The van der Waals surface area contributed by atoms with Gasteiger partial charge in [0.25, 0.3) is 10.0 Å². The maximum Gasteiger partial charge on any atom is 0.410 e. The number of guanidine groups is 1. The molecule has 0 atom stereocenters. The fraction of sp³-hybridized carbons (Fsp3) is 0.647. The van der Waals surface area contributed by atoms with E-state index in [0.29, 0.717) is 36.3 Å². The molecule has 1 aliphatic rings. The van der Waals surface area contributed by atoms with Crippen molar-refractivity contribution in [1.82, 2.24) is 19.8 Å². The summed E-state index contributed by atoms with van der Waals surface area (Å²) in [6.07, 6.45) is -0.325. The summed E-state index contributed by atoms with van der Waals surface area (Å²) in [4.78, 5) is 17.7. The number of rotatable bonds is 6. The van der Waals surface area contributed by atoms with E-state index in [9.17, 15) is 13.2 Å². The number of carbonyl (C=O) groups excluding carboxylic acids is 1. The van der Waals surface area contributed by atoms with Gasteiger partial charge in [0.05, 0.1) is 6.04 Å². The Morgan fingerprint density at radius 3 is 2.59 bits per heavy atom. The zero-order valence-corrected chi connectivity index (χ0v) is 21.3. The summed E-state index contributed by atoms with van der Waals surface area (Å²) >= 11 is 1.20. The zero-order valence-electron chi connectivity index (χ0n) is 17.3. The third-order valence-electron chi connectivity index (χ3n) is 3.98. The number of sulfonamides is 1. The van der Waals surface area contributed by atoms with Crippen LogP contribution in [0.3, 0.4) is 0 Å². The molecule has 0 aromatic carbocycles. The highest BCUT2D eigenvalue weighted by Crippen LogP contribution is 2.19. The Hall–Kier alpha value is -1.12. The topological polar surface area (TPSA) is 103 Å². The minimum absolute atomic E-state index is 0. The first-order valence-electron chi connectivity index (χ1n) is 8.98. The van der Waals surface area contributed by atoms with Gasteiger partial charge in [-0.3, -0.25) is 4.99 Å². The Morgan fingerprint density at radius 1 is 1.41 bits per heavy atom. The van der Waals surface area contributed by atoms with E-state index in [0.717, 1.165) is 0 Å². The summed E-state index contributed by atoms with van der Waals surface area (Å²) in [5, 5.41) is 8.05. The lowest BCUT2D eigenvalue weighted by molar-refractivity contribution is 0.00701. The minimum Gasteiger partial charge on any atom is -0.444 e. The molecular weight excluding hydrogens is 529 g/mol. The molecule has 0 bridgehead atoms. The molecule has 2 N–H and O–H groups in total. The number of halogens is 1. The van der Waals surface area contributed by atoms with Gasteiger partial charge in [0.15, 0.2) is 5.96 Å². The van der Waals surface area contributed by atoms with E-state index in [2.05, 4.69) is 15.6 Å². The van der Waals surface area contributed by atoms with Crippen LogP contribution >= 0.6 is 35.3 Å². The van der Waals surface area contributed by atoms with Gasteiger partial charge in [-0.2, -0.15) is 4.31 Å². The quantitative estimate of drug-likeness (QED) is 0.313. The molecule has 12 heteroatoms. The van der Waals surface area contributed by atoms with Crippen molar-refractivity contribution in [3.63, 3.8) is 0 Å². The highest BCUT2D eigenvalue weighted by Gasteiger charge is 2.34. The molecule has 166 valence electrons. The van der Waals surface area contributed by atoms with Gasteiger partial charge in [-0.15, -0.1) is 35.3 Å². The highest BCUT2D eigenvalue weighted by molar-refractivity contribution is 14.0. The van der Waals surface area contributed by atoms with Crippen molar-refractivity contribution in [3.05, 3.63) is 17.5 Å². The number of hydrogen-bond acceptors (Lipinski definition) is 6. The van der Waals surface area contributed by atoms with Crippen LogP contribution in [-0.2, 0) is 14.8 Å². The van der Waals surface area contributed by atoms with Crippen LogP contribution in [0.15, 0.2) is 26.7 Å². The molecule has 0 unspecified atom stereocenters. The number of hydrogen-bond donors (Lipinski definition) is 2. The molecule has 0 saturated carbocycles. The van der Waals surface area contributed by atoms with E-state index in [1.54, 1.807) is 36.5 Å². The largest absolute Gasteiger partial charge is 0.444 e. The number of likely N-dealkylation sites (N-methyl/N-ethyl adjacent to an activating group) is 1. The van der Waals surface area contributed by atoms with Crippen molar-refractivity contribution in [2.24, 2.45) is 4.99 Å². The SMILES string of the molecule is CN=C(NCCN(C)S(=O)(=O)c1cccs1)NC1CN(C(=O)OC(C)(C)C)C1.I. The average molecular weight is 559 g/mol. The van der Waals surface area contributed by atoms with Gasteiger partial charge in [-0.1, -0.05) is 6.07 Å². The zero-order chi connectivity index (χ0) is 20.9. The van der Waals surface area contributed by atoms with E-state index in [1.165, 1.54) is 15.6 Å². The third kappa shape index (κ3) is 7.57. The molecule has 0 spiro atoms. The Labute approximate surface area is 194 Å². The summed E-state index contributed by atoms with van der Waals surface area (Å²) in [5.41, 5.74) is -0.511. The standard InChI is InChI=1S/C17H29N5O4S2.HI/c1-17(2,3)26-16(23)22-11-13(12-22)20-15(18-4)19-8-9-21(5)28(24,25)14-7-6-10-27-14;/h6-7,10,13H,8-9,11-12H2,1-5H3,(H2,18,19,20);1H. The van der Waals surface area contributed by atoms with Crippen molar-refractivity contribution < 1.29 is 17.9 Å². The van der Waals surface area contributed by atoms with Crippen LogP contribution in [0.5, 0.6) is 0 Å². The maximum atomic E-state index is 12.4.